The summed E-state index contributed by atoms with van der Waals surface area (Å²) < 4.78 is 0. The molecular formula is C15H25N3O. The van der Waals surface area contributed by atoms with Gasteiger partial charge >= 0.3 is 0 Å². The van der Waals surface area contributed by atoms with E-state index in [9.17, 15) is 4.79 Å². The van der Waals surface area contributed by atoms with Crippen LogP contribution in [0.2, 0.25) is 0 Å². The van der Waals surface area contributed by atoms with Crippen LogP contribution in [0.15, 0.2) is 24.3 Å². The number of anilines is 1. The van der Waals surface area contributed by atoms with E-state index in [4.69, 9.17) is 5.73 Å². The lowest BCUT2D eigenvalue weighted by Gasteiger charge is -2.20. The highest BCUT2D eigenvalue weighted by Gasteiger charge is 2.10. The minimum absolute atomic E-state index is 0.0259. The van der Waals surface area contributed by atoms with Crippen LogP contribution in [0, 0.1) is 0 Å². The number of nitrogens with two attached hydrogens (primary N) is 1. The van der Waals surface area contributed by atoms with Crippen molar-refractivity contribution in [2.24, 2.45) is 5.73 Å². The Morgan fingerprint density at radius 1 is 1.32 bits per heavy atom. The predicted molar refractivity (Wildman–Crippen MR) is 80.0 cm³/mol. The van der Waals surface area contributed by atoms with Crippen molar-refractivity contribution in [2.75, 3.05) is 18.4 Å². The number of nitrogens with one attached hydrogen (secondary N) is 1. The van der Waals surface area contributed by atoms with Crippen molar-refractivity contribution in [1.29, 1.82) is 0 Å². The molecule has 106 valence electrons. The normalized spacial score (nSPS) is 12.5. The maximum Gasteiger partial charge on any atom is 0.225 e. The summed E-state index contributed by atoms with van der Waals surface area (Å²) in [6.45, 7) is 8.96. The van der Waals surface area contributed by atoms with Gasteiger partial charge in [-0.2, -0.15) is 0 Å². The Labute approximate surface area is 116 Å². The number of hydrogen-bond donors (Lipinski definition) is 2. The van der Waals surface area contributed by atoms with Gasteiger partial charge in [0, 0.05) is 24.7 Å². The molecule has 1 amide bonds. The average Bonchev–Trinajstić information content (AvgIpc) is 2.36. The molecule has 19 heavy (non-hydrogen) atoms. The second-order valence-electron chi connectivity index (χ2n) is 4.85. The van der Waals surface area contributed by atoms with Gasteiger partial charge in [-0.15, -0.1) is 0 Å². The van der Waals surface area contributed by atoms with Crippen molar-refractivity contribution in [2.45, 2.75) is 39.8 Å². The standard InChI is InChI=1S/C15H25N3O/c1-4-18(5-2)11-13-8-6-7-9-14(13)17-15(19)10-12(3)16/h6-9,12H,4-5,10-11,16H2,1-3H3,(H,17,19). The molecule has 4 heteroatoms. The summed E-state index contributed by atoms with van der Waals surface area (Å²) in [7, 11) is 0. The van der Waals surface area contributed by atoms with Gasteiger partial charge in [0.2, 0.25) is 5.91 Å². The highest BCUT2D eigenvalue weighted by Crippen LogP contribution is 2.17. The van der Waals surface area contributed by atoms with Gasteiger partial charge in [-0.1, -0.05) is 32.0 Å². The number of hydrogen-bond acceptors (Lipinski definition) is 3. The monoisotopic (exact) mass is 263 g/mol. The summed E-state index contributed by atoms with van der Waals surface area (Å²) in [5, 5.41) is 2.95. The van der Waals surface area contributed by atoms with Crippen molar-refractivity contribution in [3.05, 3.63) is 29.8 Å². The SMILES string of the molecule is CCN(CC)Cc1ccccc1NC(=O)CC(C)N. The molecule has 0 spiro atoms. The van der Waals surface area contributed by atoms with Crippen LogP contribution in [0.5, 0.6) is 0 Å². The molecule has 1 rings (SSSR count). The zero-order chi connectivity index (χ0) is 14.3. The lowest BCUT2D eigenvalue weighted by Crippen LogP contribution is -2.26. The van der Waals surface area contributed by atoms with Crippen molar-refractivity contribution >= 4 is 11.6 Å². The van der Waals surface area contributed by atoms with Crippen LogP contribution in [0.1, 0.15) is 32.8 Å². The van der Waals surface area contributed by atoms with Crippen LogP contribution in [0.4, 0.5) is 5.69 Å². The molecule has 0 bridgehead atoms. The number of benzene rings is 1. The Morgan fingerprint density at radius 3 is 2.53 bits per heavy atom. The molecule has 1 unspecified atom stereocenters. The fourth-order valence-electron chi connectivity index (χ4n) is 1.96. The molecule has 1 aromatic rings. The molecule has 0 aliphatic heterocycles. The van der Waals surface area contributed by atoms with E-state index in [-0.39, 0.29) is 11.9 Å². The maximum absolute atomic E-state index is 11.8. The van der Waals surface area contributed by atoms with E-state index in [2.05, 4.69) is 30.1 Å². The minimum Gasteiger partial charge on any atom is -0.327 e. The lowest BCUT2D eigenvalue weighted by atomic mass is 10.1. The largest absolute Gasteiger partial charge is 0.327 e. The summed E-state index contributed by atoms with van der Waals surface area (Å²) in [6.07, 6.45) is 0.347. The van der Waals surface area contributed by atoms with E-state index in [1.54, 1.807) is 0 Å². The summed E-state index contributed by atoms with van der Waals surface area (Å²) in [6, 6.07) is 7.82. The van der Waals surface area contributed by atoms with Gasteiger partial charge < -0.3 is 11.1 Å². The molecule has 0 aliphatic carbocycles. The molecule has 0 saturated heterocycles. The molecule has 0 aromatic heterocycles. The Bertz CT molecular complexity index is 400. The first-order valence-corrected chi connectivity index (χ1v) is 6.92. The number of amides is 1. The smallest absolute Gasteiger partial charge is 0.225 e. The Hall–Kier alpha value is -1.39. The summed E-state index contributed by atoms with van der Waals surface area (Å²) >= 11 is 0. The highest BCUT2D eigenvalue weighted by molar-refractivity contribution is 5.91. The van der Waals surface area contributed by atoms with Gasteiger partial charge in [0.15, 0.2) is 0 Å². The molecule has 4 nitrogen and oxygen atoms in total. The minimum atomic E-state index is -0.116. The number of rotatable bonds is 7. The highest BCUT2D eigenvalue weighted by atomic mass is 16.1. The molecule has 0 heterocycles. The van der Waals surface area contributed by atoms with E-state index in [1.165, 1.54) is 0 Å². The van der Waals surface area contributed by atoms with Crippen molar-refractivity contribution < 1.29 is 4.79 Å². The third kappa shape index (κ3) is 5.41. The van der Waals surface area contributed by atoms with Crippen molar-refractivity contribution in [3.63, 3.8) is 0 Å². The number of nitrogens with zero attached hydrogens (tertiary/aromatic N) is 1. The van der Waals surface area contributed by atoms with Gasteiger partial charge in [0.1, 0.15) is 0 Å². The zero-order valence-electron chi connectivity index (χ0n) is 12.1. The molecule has 0 aliphatic rings. The van der Waals surface area contributed by atoms with E-state index in [0.29, 0.717) is 6.42 Å². The topological polar surface area (TPSA) is 58.4 Å². The Balaban J connectivity index is 2.75. The Kier molecular flexibility index (Phi) is 6.53. The van der Waals surface area contributed by atoms with Crippen LogP contribution in [0.3, 0.4) is 0 Å². The molecular weight excluding hydrogens is 238 g/mol. The van der Waals surface area contributed by atoms with Crippen molar-refractivity contribution in [3.8, 4) is 0 Å². The third-order valence-electron chi connectivity index (χ3n) is 3.09. The van der Waals surface area contributed by atoms with E-state index < -0.39 is 0 Å². The zero-order valence-corrected chi connectivity index (χ0v) is 12.1. The first-order chi connectivity index (χ1) is 9.06. The molecule has 0 saturated carbocycles. The van der Waals surface area contributed by atoms with Gasteiger partial charge in [-0.05, 0) is 31.6 Å². The first kappa shape index (κ1) is 15.7. The summed E-state index contributed by atoms with van der Waals surface area (Å²) in [5.74, 6) is -0.0259. The van der Waals surface area contributed by atoms with Gasteiger partial charge in [-0.3, -0.25) is 9.69 Å². The van der Waals surface area contributed by atoms with Crippen molar-refractivity contribution in [1.82, 2.24) is 4.90 Å². The Morgan fingerprint density at radius 2 is 1.95 bits per heavy atom. The quantitative estimate of drug-likeness (QED) is 0.793. The van der Waals surface area contributed by atoms with Crippen LogP contribution in [-0.4, -0.2) is 29.9 Å². The predicted octanol–water partition coefficient (Wildman–Crippen LogP) is 2.20. The number of carbonyl (C=O) groups excluding carboxylic acids is 1. The molecule has 0 radical (unpaired) electrons. The molecule has 3 N–H and O–H groups in total. The third-order valence-corrected chi connectivity index (χ3v) is 3.09. The second kappa shape index (κ2) is 7.92. The number of carbonyl (C=O) groups is 1. The second-order valence-corrected chi connectivity index (χ2v) is 4.85. The van der Waals surface area contributed by atoms with Crippen LogP contribution in [-0.2, 0) is 11.3 Å². The molecule has 1 atom stereocenters. The summed E-state index contributed by atoms with van der Waals surface area (Å²) in [4.78, 5) is 14.1. The van der Waals surface area contributed by atoms with Gasteiger partial charge in [0.25, 0.3) is 0 Å². The van der Waals surface area contributed by atoms with Crippen LogP contribution in [0.25, 0.3) is 0 Å². The fourth-order valence-corrected chi connectivity index (χ4v) is 1.96. The average molecular weight is 263 g/mol. The maximum atomic E-state index is 11.8. The van der Waals surface area contributed by atoms with Crippen LogP contribution < -0.4 is 11.1 Å². The number of para-hydroxylation sites is 1. The van der Waals surface area contributed by atoms with Gasteiger partial charge in [-0.25, -0.2) is 0 Å². The molecule has 0 fully saturated rings. The van der Waals surface area contributed by atoms with Gasteiger partial charge in [0.05, 0.1) is 0 Å². The van der Waals surface area contributed by atoms with E-state index in [0.717, 1.165) is 30.9 Å². The van der Waals surface area contributed by atoms with Crippen LogP contribution >= 0.6 is 0 Å². The fraction of sp³-hybridized carbons (Fsp3) is 0.533. The first-order valence-electron chi connectivity index (χ1n) is 6.92. The van der Waals surface area contributed by atoms with E-state index >= 15 is 0 Å². The lowest BCUT2D eigenvalue weighted by molar-refractivity contribution is -0.116. The van der Waals surface area contributed by atoms with E-state index in [1.807, 2.05) is 25.1 Å². The molecule has 1 aromatic carbocycles. The summed E-state index contributed by atoms with van der Waals surface area (Å²) in [5.41, 5.74) is 7.67.